The number of nitrogens with two attached hydrogens (primary N) is 1. The van der Waals surface area contributed by atoms with Gasteiger partial charge in [-0.05, 0) is 30.7 Å². The highest BCUT2D eigenvalue weighted by Gasteiger charge is 2.13. The summed E-state index contributed by atoms with van der Waals surface area (Å²) in [6.07, 6.45) is 5.04. The van der Waals surface area contributed by atoms with Gasteiger partial charge in [0.1, 0.15) is 11.5 Å². The van der Waals surface area contributed by atoms with Crippen molar-refractivity contribution in [1.82, 2.24) is 14.4 Å². The topological polar surface area (TPSA) is 82.5 Å². The Labute approximate surface area is 121 Å². The van der Waals surface area contributed by atoms with Gasteiger partial charge in [0.15, 0.2) is 5.69 Å². The van der Waals surface area contributed by atoms with Crippen molar-refractivity contribution in [2.45, 2.75) is 6.92 Å². The number of nitrogens with zero attached hydrogens (tertiary/aromatic N) is 3. The molecule has 2 N–H and O–H groups in total. The number of imidazole rings is 1. The number of hydrogen-bond acceptors (Lipinski definition) is 5. The summed E-state index contributed by atoms with van der Waals surface area (Å²) < 4.78 is 6.61. The maximum absolute atomic E-state index is 11.7. The first-order valence-electron chi connectivity index (χ1n) is 6.55. The van der Waals surface area contributed by atoms with Crippen LogP contribution in [-0.4, -0.2) is 26.9 Å². The van der Waals surface area contributed by atoms with E-state index in [9.17, 15) is 4.79 Å². The zero-order valence-corrected chi connectivity index (χ0v) is 11.5. The standard InChI is InChI=1S/C15H14N4O2/c1-2-21-15(20)12-9-19-13(16)6-11(7-14(19)18-12)10-4-3-5-17-8-10/h3-9H,2,16H2,1H3. The average Bonchev–Trinajstić information content (AvgIpc) is 2.93. The van der Waals surface area contributed by atoms with Crippen LogP contribution in [0.15, 0.2) is 42.9 Å². The molecule has 6 nitrogen and oxygen atoms in total. The van der Waals surface area contributed by atoms with Crippen LogP contribution in [0.3, 0.4) is 0 Å². The Morgan fingerprint density at radius 2 is 2.24 bits per heavy atom. The lowest BCUT2D eigenvalue weighted by molar-refractivity contribution is 0.0520. The van der Waals surface area contributed by atoms with Gasteiger partial charge in [-0.15, -0.1) is 0 Å². The molecule has 3 aromatic heterocycles. The monoisotopic (exact) mass is 282 g/mol. The van der Waals surface area contributed by atoms with Gasteiger partial charge in [0.2, 0.25) is 0 Å². The quantitative estimate of drug-likeness (QED) is 0.744. The van der Waals surface area contributed by atoms with Crippen molar-refractivity contribution in [3.8, 4) is 11.1 Å². The minimum Gasteiger partial charge on any atom is -0.461 e. The first-order valence-corrected chi connectivity index (χ1v) is 6.55. The van der Waals surface area contributed by atoms with Crippen LogP contribution >= 0.6 is 0 Å². The Bertz CT molecular complexity index is 796. The molecule has 3 heterocycles. The fraction of sp³-hybridized carbons (Fsp3) is 0.133. The molecule has 0 unspecified atom stereocenters. The van der Waals surface area contributed by atoms with Crippen molar-refractivity contribution in [2.75, 3.05) is 12.3 Å². The van der Waals surface area contributed by atoms with Crippen molar-refractivity contribution in [3.63, 3.8) is 0 Å². The summed E-state index contributed by atoms with van der Waals surface area (Å²) in [5.74, 6) is 0.0397. The third kappa shape index (κ3) is 2.43. The van der Waals surface area contributed by atoms with Gasteiger partial charge in [-0.3, -0.25) is 9.38 Å². The van der Waals surface area contributed by atoms with Crippen molar-refractivity contribution in [3.05, 3.63) is 48.5 Å². The van der Waals surface area contributed by atoms with Gasteiger partial charge in [-0.2, -0.15) is 0 Å². The third-order valence-electron chi connectivity index (χ3n) is 3.08. The molecule has 0 saturated carbocycles. The first kappa shape index (κ1) is 13.1. The highest BCUT2D eigenvalue weighted by atomic mass is 16.5. The number of ether oxygens (including phenoxy) is 1. The lowest BCUT2D eigenvalue weighted by Gasteiger charge is -2.04. The molecule has 0 bridgehead atoms. The lowest BCUT2D eigenvalue weighted by Crippen LogP contribution is -2.04. The zero-order valence-electron chi connectivity index (χ0n) is 11.5. The molecule has 0 saturated heterocycles. The number of rotatable bonds is 3. The van der Waals surface area contributed by atoms with Crippen LogP contribution in [0.4, 0.5) is 5.82 Å². The van der Waals surface area contributed by atoms with E-state index in [1.165, 1.54) is 0 Å². The summed E-state index contributed by atoms with van der Waals surface area (Å²) >= 11 is 0. The van der Waals surface area contributed by atoms with Crippen LogP contribution in [0.1, 0.15) is 17.4 Å². The second kappa shape index (κ2) is 5.24. The van der Waals surface area contributed by atoms with E-state index in [0.29, 0.717) is 18.1 Å². The SMILES string of the molecule is CCOC(=O)c1cn2c(N)cc(-c3cccnc3)cc2n1. The largest absolute Gasteiger partial charge is 0.461 e. The van der Waals surface area contributed by atoms with Gasteiger partial charge >= 0.3 is 5.97 Å². The summed E-state index contributed by atoms with van der Waals surface area (Å²) in [6, 6.07) is 7.47. The molecule has 106 valence electrons. The minimum absolute atomic E-state index is 0.242. The van der Waals surface area contributed by atoms with Gasteiger partial charge in [-0.1, -0.05) is 6.07 Å². The average molecular weight is 282 g/mol. The number of fused-ring (bicyclic) bond motifs is 1. The van der Waals surface area contributed by atoms with Gasteiger partial charge in [0.05, 0.1) is 6.61 Å². The van der Waals surface area contributed by atoms with Crippen LogP contribution < -0.4 is 5.73 Å². The molecule has 0 atom stereocenters. The Morgan fingerprint density at radius 3 is 2.95 bits per heavy atom. The maximum Gasteiger partial charge on any atom is 0.358 e. The molecule has 21 heavy (non-hydrogen) atoms. The van der Waals surface area contributed by atoms with Crippen molar-refractivity contribution >= 4 is 17.4 Å². The van der Waals surface area contributed by atoms with Crippen LogP contribution in [0.25, 0.3) is 16.8 Å². The van der Waals surface area contributed by atoms with E-state index in [0.717, 1.165) is 11.1 Å². The Kier molecular flexibility index (Phi) is 3.27. The van der Waals surface area contributed by atoms with Gasteiger partial charge in [-0.25, -0.2) is 9.78 Å². The number of pyridine rings is 2. The normalized spacial score (nSPS) is 10.7. The summed E-state index contributed by atoms with van der Waals surface area (Å²) in [6.45, 7) is 2.06. The molecule has 0 aromatic carbocycles. The van der Waals surface area contributed by atoms with Gasteiger partial charge < -0.3 is 10.5 Å². The molecule has 0 amide bonds. The van der Waals surface area contributed by atoms with E-state index in [1.54, 1.807) is 29.9 Å². The van der Waals surface area contributed by atoms with Gasteiger partial charge in [0, 0.05) is 24.2 Å². The summed E-state index contributed by atoms with van der Waals surface area (Å²) in [7, 11) is 0. The van der Waals surface area contributed by atoms with Crippen LogP contribution in [-0.2, 0) is 4.74 Å². The molecular weight excluding hydrogens is 268 g/mol. The van der Waals surface area contributed by atoms with Crippen LogP contribution in [0, 0.1) is 0 Å². The molecule has 0 spiro atoms. The van der Waals surface area contributed by atoms with Crippen molar-refractivity contribution in [2.24, 2.45) is 0 Å². The fourth-order valence-electron chi connectivity index (χ4n) is 2.12. The number of carbonyl (C=O) groups excluding carboxylic acids is 1. The van der Waals surface area contributed by atoms with E-state index >= 15 is 0 Å². The number of carbonyl (C=O) groups is 1. The smallest absolute Gasteiger partial charge is 0.358 e. The van der Waals surface area contributed by atoms with E-state index in [1.807, 2.05) is 24.3 Å². The fourth-order valence-corrected chi connectivity index (χ4v) is 2.12. The Morgan fingerprint density at radius 1 is 1.38 bits per heavy atom. The predicted octanol–water partition coefficient (Wildman–Crippen LogP) is 2.16. The van der Waals surface area contributed by atoms with E-state index in [2.05, 4.69) is 9.97 Å². The summed E-state index contributed by atoms with van der Waals surface area (Å²) in [5, 5.41) is 0. The highest BCUT2D eigenvalue weighted by molar-refractivity contribution is 5.88. The molecule has 6 heteroatoms. The molecule has 0 aliphatic rings. The molecule has 0 aliphatic carbocycles. The van der Waals surface area contributed by atoms with E-state index < -0.39 is 5.97 Å². The zero-order chi connectivity index (χ0) is 14.8. The Balaban J connectivity index is 2.10. The molecular formula is C15H14N4O2. The number of esters is 1. The minimum atomic E-state index is -0.455. The number of anilines is 1. The summed E-state index contributed by atoms with van der Waals surface area (Å²) in [4.78, 5) is 20.1. The van der Waals surface area contributed by atoms with E-state index in [4.69, 9.17) is 10.5 Å². The summed E-state index contributed by atoms with van der Waals surface area (Å²) in [5.41, 5.74) is 8.70. The molecule has 3 rings (SSSR count). The third-order valence-corrected chi connectivity index (χ3v) is 3.08. The number of nitrogen functional groups attached to an aromatic ring is 1. The second-order valence-electron chi connectivity index (χ2n) is 4.49. The molecule has 0 fully saturated rings. The Hall–Kier alpha value is -2.89. The molecule has 0 radical (unpaired) electrons. The van der Waals surface area contributed by atoms with Crippen LogP contribution in [0.2, 0.25) is 0 Å². The highest BCUT2D eigenvalue weighted by Crippen LogP contribution is 2.23. The van der Waals surface area contributed by atoms with E-state index in [-0.39, 0.29) is 5.69 Å². The van der Waals surface area contributed by atoms with Crippen LogP contribution in [0.5, 0.6) is 0 Å². The number of aromatic nitrogens is 3. The molecule has 3 aromatic rings. The van der Waals surface area contributed by atoms with Crippen molar-refractivity contribution < 1.29 is 9.53 Å². The van der Waals surface area contributed by atoms with Crippen molar-refractivity contribution in [1.29, 1.82) is 0 Å². The maximum atomic E-state index is 11.7. The lowest BCUT2D eigenvalue weighted by atomic mass is 10.1. The first-order chi connectivity index (χ1) is 10.2. The van der Waals surface area contributed by atoms with Gasteiger partial charge in [0.25, 0.3) is 0 Å². The second-order valence-corrected chi connectivity index (χ2v) is 4.49. The number of hydrogen-bond donors (Lipinski definition) is 1. The molecule has 0 aliphatic heterocycles. The predicted molar refractivity (Wildman–Crippen MR) is 78.8 cm³/mol.